The molecule has 128 valence electrons. The Morgan fingerprint density at radius 1 is 1.24 bits per heavy atom. The second-order valence-corrected chi connectivity index (χ2v) is 5.94. The van der Waals surface area contributed by atoms with Crippen LogP contribution in [0.2, 0.25) is 0 Å². The van der Waals surface area contributed by atoms with E-state index in [0.717, 1.165) is 28.1 Å². The van der Waals surface area contributed by atoms with Crippen molar-refractivity contribution in [3.05, 3.63) is 54.1 Å². The van der Waals surface area contributed by atoms with Crippen molar-refractivity contribution in [3.63, 3.8) is 0 Å². The zero-order chi connectivity index (χ0) is 17.8. The highest BCUT2D eigenvalue weighted by atomic mass is 16.1. The number of aromatic nitrogens is 4. The van der Waals surface area contributed by atoms with Gasteiger partial charge in [-0.1, -0.05) is 6.07 Å². The first-order valence-corrected chi connectivity index (χ1v) is 7.99. The molecule has 0 unspecified atom stereocenters. The van der Waals surface area contributed by atoms with Crippen LogP contribution in [0.3, 0.4) is 0 Å². The van der Waals surface area contributed by atoms with Gasteiger partial charge in [0.25, 0.3) is 0 Å². The first kappa shape index (κ1) is 16.6. The zero-order valence-electron chi connectivity index (χ0n) is 14.2. The summed E-state index contributed by atoms with van der Waals surface area (Å²) in [6.07, 6.45) is 5.68. The smallest absolute Gasteiger partial charge is 0.227 e. The summed E-state index contributed by atoms with van der Waals surface area (Å²) in [5.74, 6) is 0.228. The fraction of sp³-hybridized carbons (Fsp3) is 0.222. The third-order valence-electron chi connectivity index (χ3n) is 3.68. The highest BCUT2D eigenvalue weighted by Crippen LogP contribution is 2.25. The molecule has 3 N–H and O–H groups in total. The average Bonchev–Trinajstić information content (AvgIpc) is 3.01. The summed E-state index contributed by atoms with van der Waals surface area (Å²) in [5.41, 5.74) is 10.1. The van der Waals surface area contributed by atoms with Crippen LogP contribution < -0.4 is 11.1 Å². The number of nitrogens with one attached hydrogen (secondary N) is 1. The Labute approximate surface area is 145 Å². The minimum absolute atomic E-state index is 0.270. The SMILES string of the molecule is Cc1cc(Nc2nccc(C)n2)cc(-c2cnn(CCC(N)=O)c2)c1. The monoisotopic (exact) mass is 336 g/mol. The summed E-state index contributed by atoms with van der Waals surface area (Å²) in [7, 11) is 0. The molecular weight excluding hydrogens is 316 g/mol. The quantitative estimate of drug-likeness (QED) is 0.721. The molecule has 25 heavy (non-hydrogen) atoms. The number of nitrogens with two attached hydrogens (primary N) is 1. The normalized spacial score (nSPS) is 10.6. The largest absolute Gasteiger partial charge is 0.370 e. The number of hydrogen-bond acceptors (Lipinski definition) is 5. The van der Waals surface area contributed by atoms with Crippen molar-refractivity contribution < 1.29 is 4.79 Å². The molecule has 0 saturated heterocycles. The van der Waals surface area contributed by atoms with Crippen LogP contribution in [-0.4, -0.2) is 25.7 Å². The average molecular weight is 336 g/mol. The molecule has 0 aliphatic heterocycles. The van der Waals surface area contributed by atoms with E-state index in [-0.39, 0.29) is 12.3 Å². The van der Waals surface area contributed by atoms with E-state index >= 15 is 0 Å². The Hall–Kier alpha value is -3.22. The van der Waals surface area contributed by atoms with Crippen LogP contribution in [0.5, 0.6) is 0 Å². The first-order chi connectivity index (χ1) is 12.0. The van der Waals surface area contributed by atoms with Crippen molar-refractivity contribution in [1.82, 2.24) is 19.7 Å². The van der Waals surface area contributed by atoms with Gasteiger partial charge in [-0.3, -0.25) is 9.48 Å². The predicted octanol–water partition coefficient (Wildman–Crippen LogP) is 2.58. The summed E-state index contributed by atoms with van der Waals surface area (Å²) >= 11 is 0. The molecule has 0 radical (unpaired) electrons. The molecule has 0 aliphatic carbocycles. The van der Waals surface area contributed by atoms with Gasteiger partial charge in [0.2, 0.25) is 11.9 Å². The molecule has 3 rings (SSSR count). The van der Waals surface area contributed by atoms with Crippen LogP contribution in [0, 0.1) is 13.8 Å². The number of anilines is 2. The van der Waals surface area contributed by atoms with Crippen molar-refractivity contribution in [1.29, 1.82) is 0 Å². The number of carbonyl (C=O) groups excluding carboxylic acids is 1. The lowest BCUT2D eigenvalue weighted by Gasteiger charge is -2.08. The van der Waals surface area contributed by atoms with Crippen LogP contribution in [0.1, 0.15) is 17.7 Å². The molecule has 1 aromatic carbocycles. The van der Waals surface area contributed by atoms with Gasteiger partial charge >= 0.3 is 0 Å². The maximum atomic E-state index is 10.9. The second kappa shape index (κ2) is 7.12. The Morgan fingerprint density at radius 2 is 2.08 bits per heavy atom. The minimum atomic E-state index is -0.336. The third-order valence-corrected chi connectivity index (χ3v) is 3.68. The molecule has 1 amide bonds. The highest BCUT2D eigenvalue weighted by Gasteiger charge is 2.07. The van der Waals surface area contributed by atoms with E-state index in [0.29, 0.717) is 12.5 Å². The van der Waals surface area contributed by atoms with Gasteiger partial charge in [-0.2, -0.15) is 5.10 Å². The van der Waals surface area contributed by atoms with E-state index in [1.807, 2.05) is 38.2 Å². The molecular formula is C18H20N6O. The van der Waals surface area contributed by atoms with Crippen LogP contribution in [0.4, 0.5) is 11.6 Å². The third kappa shape index (κ3) is 4.41. The summed E-state index contributed by atoms with van der Waals surface area (Å²) in [5, 5.41) is 7.52. The number of carbonyl (C=O) groups is 1. The Balaban J connectivity index is 1.83. The lowest BCUT2D eigenvalue weighted by molar-refractivity contribution is -0.118. The van der Waals surface area contributed by atoms with E-state index in [9.17, 15) is 4.79 Å². The maximum Gasteiger partial charge on any atom is 0.227 e. The van der Waals surface area contributed by atoms with Crippen molar-refractivity contribution in [2.75, 3.05) is 5.32 Å². The minimum Gasteiger partial charge on any atom is -0.370 e. The first-order valence-electron chi connectivity index (χ1n) is 7.99. The molecule has 0 aliphatic rings. The molecule has 0 spiro atoms. The Kier molecular flexibility index (Phi) is 4.74. The molecule has 0 fully saturated rings. The fourth-order valence-corrected chi connectivity index (χ4v) is 2.52. The van der Waals surface area contributed by atoms with E-state index in [1.165, 1.54) is 0 Å². The summed E-state index contributed by atoms with van der Waals surface area (Å²) in [6.45, 7) is 4.43. The van der Waals surface area contributed by atoms with E-state index in [4.69, 9.17) is 5.73 Å². The van der Waals surface area contributed by atoms with Gasteiger partial charge in [-0.05, 0) is 43.2 Å². The van der Waals surface area contributed by atoms with Crippen LogP contribution in [-0.2, 0) is 11.3 Å². The van der Waals surface area contributed by atoms with Crippen LogP contribution in [0.15, 0.2) is 42.9 Å². The van der Waals surface area contributed by atoms with Gasteiger partial charge in [-0.15, -0.1) is 0 Å². The number of aryl methyl sites for hydroxylation is 3. The molecule has 7 nitrogen and oxygen atoms in total. The number of primary amides is 1. The fourth-order valence-electron chi connectivity index (χ4n) is 2.52. The topological polar surface area (TPSA) is 98.7 Å². The van der Waals surface area contributed by atoms with E-state index in [1.54, 1.807) is 17.1 Å². The summed E-state index contributed by atoms with van der Waals surface area (Å²) in [6, 6.07) is 7.99. The van der Waals surface area contributed by atoms with Crippen LogP contribution in [0.25, 0.3) is 11.1 Å². The van der Waals surface area contributed by atoms with Gasteiger partial charge < -0.3 is 11.1 Å². The molecule has 0 atom stereocenters. The number of hydrogen-bond donors (Lipinski definition) is 2. The Morgan fingerprint density at radius 3 is 2.84 bits per heavy atom. The van der Waals surface area contributed by atoms with Crippen molar-refractivity contribution in [3.8, 4) is 11.1 Å². The Bertz CT molecular complexity index is 902. The standard InChI is InChI=1S/C18H20N6O/c1-12-7-14(15-10-21-24(11-15)6-4-17(19)25)9-16(8-12)23-18-20-5-3-13(2)22-18/h3,5,7-11H,4,6H2,1-2H3,(H2,19,25)(H,20,22,23). The van der Waals surface area contributed by atoms with Gasteiger partial charge in [0.15, 0.2) is 0 Å². The lowest BCUT2D eigenvalue weighted by Crippen LogP contribution is -2.13. The second-order valence-electron chi connectivity index (χ2n) is 5.94. The van der Waals surface area contributed by atoms with E-state index < -0.39 is 0 Å². The van der Waals surface area contributed by atoms with Gasteiger partial charge in [0.05, 0.1) is 6.20 Å². The lowest BCUT2D eigenvalue weighted by atomic mass is 10.1. The number of amides is 1. The predicted molar refractivity (Wildman–Crippen MR) is 96.3 cm³/mol. The molecule has 2 aromatic heterocycles. The van der Waals surface area contributed by atoms with Crippen molar-refractivity contribution >= 4 is 17.5 Å². The molecule has 0 saturated carbocycles. The van der Waals surface area contributed by atoms with Crippen molar-refractivity contribution in [2.24, 2.45) is 5.73 Å². The molecule has 7 heteroatoms. The van der Waals surface area contributed by atoms with Gasteiger partial charge in [-0.25, -0.2) is 9.97 Å². The summed E-state index contributed by atoms with van der Waals surface area (Å²) in [4.78, 5) is 19.5. The maximum absolute atomic E-state index is 10.9. The van der Waals surface area contributed by atoms with Gasteiger partial charge in [0, 0.05) is 42.3 Å². The summed E-state index contributed by atoms with van der Waals surface area (Å²) < 4.78 is 1.72. The molecule has 0 bridgehead atoms. The van der Waals surface area contributed by atoms with Crippen molar-refractivity contribution in [2.45, 2.75) is 26.8 Å². The van der Waals surface area contributed by atoms with Gasteiger partial charge in [0.1, 0.15) is 0 Å². The number of rotatable bonds is 6. The number of benzene rings is 1. The highest BCUT2D eigenvalue weighted by molar-refractivity contribution is 5.73. The van der Waals surface area contributed by atoms with E-state index in [2.05, 4.69) is 26.4 Å². The number of nitrogens with zero attached hydrogens (tertiary/aromatic N) is 4. The zero-order valence-corrected chi connectivity index (χ0v) is 14.2. The van der Waals surface area contributed by atoms with Crippen LogP contribution >= 0.6 is 0 Å². The molecule has 3 aromatic rings. The molecule has 2 heterocycles.